The predicted octanol–water partition coefficient (Wildman–Crippen LogP) is 0.103. The van der Waals surface area contributed by atoms with Crippen molar-refractivity contribution >= 4 is 31.6 Å². The number of hydrogen-bond acceptors (Lipinski definition) is 7. The van der Waals surface area contributed by atoms with Gasteiger partial charge in [-0.2, -0.15) is 0 Å². The van der Waals surface area contributed by atoms with Gasteiger partial charge in [-0.3, -0.25) is 0 Å². The second-order valence-electron chi connectivity index (χ2n) is 5.62. The van der Waals surface area contributed by atoms with E-state index in [0.717, 1.165) is 14.8 Å². The van der Waals surface area contributed by atoms with Gasteiger partial charge in [0.15, 0.2) is 0 Å². The number of aliphatic hydroxyl groups is 2. The summed E-state index contributed by atoms with van der Waals surface area (Å²) in [5, 5.41) is 19.7. The number of halogens is 1. The summed E-state index contributed by atoms with van der Waals surface area (Å²) in [7, 11) is 0. The monoisotopic (exact) mass is 441 g/mol. The number of aliphatic hydroxyl groups excluding tert-OH is 2. The number of alkyl halides is 1. The van der Waals surface area contributed by atoms with Crippen molar-refractivity contribution in [3.8, 4) is 11.8 Å². The SMILES string of the molecule is C=C1C(CO)C(O)CC1I1N=C(C#CCCN)c2c(N)ncnc21. The fraction of sp³-hybridized carbons (Fsp3) is 0.438. The van der Waals surface area contributed by atoms with E-state index >= 15 is 0 Å². The van der Waals surface area contributed by atoms with Gasteiger partial charge in [0.1, 0.15) is 0 Å². The molecule has 3 unspecified atom stereocenters. The van der Waals surface area contributed by atoms with Gasteiger partial charge >= 0.3 is 148 Å². The zero-order valence-corrected chi connectivity index (χ0v) is 15.3. The Hall–Kier alpha value is -1.54. The van der Waals surface area contributed by atoms with Gasteiger partial charge in [0.2, 0.25) is 0 Å². The van der Waals surface area contributed by atoms with Gasteiger partial charge in [0, 0.05) is 0 Å². The topological polar surface area (TPSA) is 131 Å². The summed E-state index contributed by atoms with van der Waals surface area (Å²) in [5.74, 6) is 6.12. The molecular formula is C16H20IN5O2. The number of aromatic nitrogens is 2. The van der Waals surface area contributed by atoms with Crippen molar-refractivity contribution in [3.05, 3.63) is 27.7 Å². The maximum absolute atomic E-state index is 10.2. The van der Waals surface area contributed by atoms with Crippen molar-refractivity contribution in [3.63, 3.8) is 0 Å². The molecule has 3 rings (SSSR count). The van der Waals surface area contributed by atoms with Crippen LogP contribution in [0.5, 0.6) is 0 Å². The van der Waals surface area contributed by atoms with Gasteiger partial charge in [-0.15, -0.1) is 0 Å². The molecule has 7 nitrogen and oxygen atoms in total. The number of fused-ring (bicyclic) bond motifs is 1. The molecule has 8 heteroatoms. The second-order valence-corrected chi connectivity index (χ2v) is 10.3. The van der Waals surface area contributed by atoms with Crippen molar-refractivity contribution in [2.75, 3.05) is 18.9 Å². The molecule has 0 radical (unpaired) electrons. The third-order valence-corrected chi connectivity index (χ3v) is 9.74. The molecule has 6 N–H and O–H groups in total. The summed E-state index contributed by atoms with van der Waals surface area (Å²) >= 11 is -2.18. The van der Waals surface area contributed by atoms with Gasteiger partial charge in [0.05, 0.1) is 0 Å². The van der Waals surface area contributed by atoms with Crippen LogP contribution in [0.4, 0.5) is 5.82 Å². The molecular weight excluding hydrogens is 421 g/mol. The molecule has 0 spiro atoms. The molecule has 24 heavy (non-hydrogen) atoms. The molecule has 128 valence electrons. The van der Waals surface area contributed by atoms with E-state index in [1.54, 1.807) is 0 Å². The fourth-order valence-corrected chi connectivity index (χ4v) is 8.74. The average Bonchev–Trinajstić information content (AvgIpc) is 3.06. The van der Waals surface area contributed by atoms with E-state index in [4.69, 9.17) is 14.7 Å². The molecule has 3 atom stereocenters. The third-order valence-electron chi connectivity index (χ3n) is 4.14. The van der Waals surface area contributed by atoms with E-state index in [2.05, 4.69) is 28.4 Å². The first-order chi connectivity index (χ1) is 11.6. The average molecular weight is 441 g/mol. The number of nitrogens with zero attached hydrogens (tertiary/aromatic N) is 3. The fourth-order valence-electron chi connectivity index (χ4n) is 2.86. The van der Waals surface area contributed by atoms with Crippen LogP contribution in [-0.4, -0.2) is 49.1 Å². The molecule has 0 saturated heterocycles. The summed E-state index contributed by atoms with van der Waals surface area (Å²) < 4.78 is 5.75. The van der Waals surface area contributed by atoms with E-state index < -0.39 is 26.2 Å². The Morgan fingerprint density at radius 1 is 1.42 bits per heavy atom. The normalized spacial score (nSPS) is 26.8. The first-order valence-electron chi connectivity index (χ1n) is 7.63. The first kappa shape index (κ1) is 17.3. The Balaban J connectivity index is 2.00. The summed E-state index contributed by atoms with van der Waals surface area (Å²) in [6.45, 7) is 4.48. The summed E-state index contributed by atoms with van der Waals surface area (Å²) in [4.78, 5) is 8.48. The molecule has 0 amide bonds. The Bertz CT molecular complexity index is 755. The second kappa shape index (κ2) is 7.14. The van der Waals surface area contributed by atoms with Crippen LogP contribution in [0.25, 0.3) is 0 Å². The Morgan fingerprint density at radius 3 is 2.88 bits per heavy atom. The molecule has 1 aromatic heterocycles. The van der Waals surface area contributed by atoms with E-state index in [-0.39, 0.29) is 16.4 Å². The molecule has 1 fully saturated rings. The zero-order valence-electron chi connectivity index (χ0n) is 13.1. The molecule has 0 aromatic carbocycles. The van der Waals surface area contributed by atoms with E-state index in [0.29, 0.717) is 30.9 Å². The van der Waals surface area contributed by atoms with Crippen molar-refractivity contribution < 1.29 is 10.2 Å². The predicted molar refractivity (Wildman–Crippen MR) is 101 cm³/mol. The van der Waals surface area contributed by atoms with Crippen LogP contribution in [0.3, 0.4) is 0 Å². The van der Waals surface area contributed by atoms with Crippen LogP contribution < -0.4 is 11.5 Å². The van der Waals surface area contributed by atoms with Gasteiger partial charge in [-0.25, -0.2) is 0 Å². The van der Waals surface area contributed by atoms with Crippen molar-refractivity contribution in [1.29, 1.82) is 0 Å². The molecule has 1 aliphatic heterocycles. The first-order valence-corrected chi connectivity index (χ1v) is 10.9. The Labute approximate surface area is 148 Å². The van der Waals surface area contributed by atoms with E-state index in [1.165, 1.54) is 6.33 Å². The van der Waals surface area contributed by atoms with Gasteiger partial charge in [-0.05, 0) is 0 Å². The van der Waals surface area contributed by atoms with E-state index in [9.17, 15) is 10.2 Å². The summed E-state index contributed by atoms with van der Waals surface area (Å²) in [6, 6.07) is 0. The molecule has 1 saturated carbocycles. The van der Waals surface area contributed by atoms with Gasteiger partial charge in [0.25, 0.3) is 0 Å². The number of anilines is 1. The van der Waals surface area contributed by atoms with Crippen LogP contribution in [0.2, 0.25) is 0 Å². The van der Waals surface area contributed by atoms with Crippen molar-refractivity contribution in [2.24, 2.45) is 14.9 Å². The summed E-state index contributed by atoms with van der Waals surface area (Å²) in [5.41, 5.74) is 13.7. The van der Waals surface area contributed by atoms with Crippen LogP contribution in [0.1, 0.15) is 18.4 Å². The number of nitrogen functional groups attached to an aromatic ring is 1. The quantitative estimate of drug-likeness (QED) is 0.173. The van der Waals surface area contributed by atoms with Crippen LogP contribution in [-0.2, 0) is 0 Å². The number of nitrogens with two attached hydrogens (primary N) is 2. The Morgan fingerprint density at radius 2 is 2.21 bits per heavy atom. The van der Waals surface area contributed by atoms with Crippen LogP contribution >= 0.6 is 20.1 Å². The third kappa shape index (κ3) is 2.93. The summed E-state index contributed by atoms with van der Waals surface area (Å²) in [6.07, 6.45) is 1.99. The maximum atomic E-state index is 10.2. The standard InChI is InChI=1S/C16H20IN5O2/c1-9-10(7-23)13(24)6-11(9)17-15-14(16(19)21-8-20-15)12(22-17)4-2-3-5-18/h8,10-11,13,23-24H,1,3,5-7,18H2,(H2,19,20,21). The minimum atomic E-state index is -2.18. The zero-order chi connectivity index (χ0) is 17.3. The number of rotatable bonds is 3. The van der Waals surface area contributed by atoms with Crippen molar-refractivity contribution in [2.45, 2.75) is 22.9 Å². The molecule has 2 aliphatic rings. The van der Waals surface area contributed by atoms with Gasteiger partial charge < -0.3 is 0 Å². The molecule has 0 bridgehead atoms. The van der Waals surface area contributed by atoms with Crippen molar-refractivity contribution in [1.82, 2.24) is 9.97 Å². The molecule has 1 aromatic rings. The Kier molecular flexibility index (Phi) is 5.15. The molecule has 1 aliphatic carbocycles. The minimum absolute atomic E-state index is 0.0446. The van der Waals surface area contributed by atoms with Gasteiger partial charge in [-0.1, -0.05) is 0 Å². The molecule has 2 heterocycles. The van der Waals surface area contributed by atoms with Crippen LogP contribution in [0.15, 0.2) is 21.7 Å². The number of hydrogen-bond donors (Lipinski definition) is 4. The van der Waals surface area contributed by atoms with E-state index in [1.807, 2.05) is 0 Å². The van der Waals surface area contributed by atoms with Crippen LogP contribution in [0, 0.1) is 21.5 Å².